The molecule has 0 unspecified atom stereocenters. The third-order valence-electron chi connectivity index (χ3n) is 6.13. The molecule has 0 saturated heterocycles. The first-order valence-electron chi connectivity index (χ1n) is 11.0. The lowest BCUT2D eigenvalue weighted by molar-refractivity contribution is 0.653. The van der Waals surface area contributed by atoms with E-state index in [1.807, 2.05) is 13.0 Å². The highest BCUT2D eigenvalue weighted by molar-refractivity contribution is 6.14. The standard InChI is InChI=1S/C28H23N3O/c1-15(2)27-30-24(21-13-11-18-10-8-16(3)14-23(18)25(21)31-27)22-7-5-6-19-20-12-9-17(4)29-28(20)32-26(19)22/h5-15H,1-4H3. The second-order valence-corrected chi connectivity index (χ2v) is 8.86. The van der Waals surface area contributed by atoms with Gasteiger partial charge >= 0.3 is 0 Å². The van der Waals surface area contributed by atoms with Crippen molar-refractivity contribution in [3.05, 3.63) is 77.7 Å². The van der Waals surface area contributed by atoms with Crippen molar-refractivity contribution in [3.8, 4) is 11.3 Å². The van der Waals surface area contributed by atoms with Crippen LogP contribution in [0.1, 0.15) is 36.8 Å². The van der Waals surface area contributed by atoms with Gasteiger partial charge in [0.1, 0.15) is 11.4 Å². The second kappa shape index (κ2) is 6.86. The fourth-order valence-electron chi connectivity index (χ4n) is 4.46. The van der Waals surface area contributed by atoms with Crippen LogP contribution in [0.3, 0.4) is 0 Å². The Labute approximate surface area is 185 Å². The number of hydrogen-bond donors (Lipinski definition) is 0. The largest absolute Gasteiger partial charge is 0.437 e. The SMILES string of the molecule is Cc1ccc2ccc3c(-c4cccc5c4oc4nc(C)ccc45)nc(C(C)C)nc3c2c1. The van der Waals surface area contributed by atoms with E-state index in [-0.39, 0.29) is 5.92 Å². The highest BCUT2D eigenvalue weighted by Crippen LogP contribution is 2.38. The molecule has 0 N–H and O–H groups in total. The molecule has 0 atom stereocenters. The van der Waals surface area contributed by atoms with Gasteiger partial charge in [-0.3, -0.25) is 0 Å². The maximum atomic E-state index is 6.30. The Balaban J connectivity index is 1.76. The van der Waals surface area contributed by atoms with Gasteiger partial charge in [0, 0.05) is 38.7 Å². The van der Waals surface area contributed by atoms with Crippen molar-refractivity contribution in [2.75, 3.05) is 0 Å². The molecular weight excluding hydrogens is 394 g/mol. The minimum atomic E-state index is 0.206. The zero-order chi connectivity index (χ0) is 22.0. The van der Waals surface area contributed by atoms with Crippen molar-refractivity contribution in [2.45, 2.75) is 33.6 Å². The van der Waals surface area contributed by atoms with E-state index in [9.17, 15) is 0 Å². The molecule has 4 heteroatoms. The van der Waals surface area contributed by atoms with Crippen molar-refractivity contribution in [1.29, 1.82) is 0 Å². The van der Waals surface area contributed by atoms with Crippen LogP contribution in [0.15, 0.2) is 65.1 Å². The second-order valence-electron chi connectivity index (χ2n) is 8.86. The van der Waals surface area contributed by atoms with Crippen LogP contribution in [-0.4, -0.2) is 15.0 Å². The van der Waals surface area contributed by atoms with Crippen LogP contribution in [-0.2, 0) is 0 Å². The topological polar surface area (TPSA) is 51.8 Å². The van der Waals surface area contributed by atoms with Crippen LogP contribution in [0, 0.1) is 13.8 Å². The Morgan fingerprint density at radius 1 is 0.750 bits per heavy atom. The van der Waals surface area contributed by atoms with Crippen LogP contribution in [0.5, 0.6) is 0 Å². The number of rotatable bonds is 2. The summed E-state index contributed by atoms with van der Waals surface area (Å²) in [5, 5.41) is 5.45. The molecule has 3 aromatic carbocycles. The molecule has 0 bridgehead atoms. The first-order valence-corrected chi connectivity index (χ1v) is 11.0. The van der Waals surface area contributed by atoms with E-state index in [0.717, 1.165) is 55.4 Å². The Bertz CT molecular complexity index is 1680. The van der Waals surface area contributed by atoms with Crippen molar-refractivity contribution in [3.63, 3.8) is 0 Å². The van der Waals surface area contributed by atoms with Gasteiger partial charge in [-0.25, -0.2) is 15.0 Å². The van der Waals surface area contributed by atoms with Crippen LogP contribution < -0.4 is 0 Å². The monoisotopic (exact) mass is 417 g/mol. The molecule has 156 valence electrons. The number of pyridine rings is 1. The zero-order valence-electron chi connectivity index (χ0n) is 18.6. The van der Waals surface area contributed by atoms with E-state index in [1.165, 1.54) is 10.9 Å². The summed E-state index contributed by atoms with van der Waals surface area (Å²) in [7, 11) is 0. The number of aryl methyl sites for hydroxylation is 2. The molecule has 6 aromatic rings. The number of nitrogens with zero attached hydrogens (tertiary/aromatic N) is 3. The lowest BCUT2D eigenvalue weighted by Crippen LogP contribution is -2.01. The normalized spacial score (nSPS) is 12.0. The number of aromatic nitrogens is 3. The summed E-state index contributed by atoms with van der Waals surface area (Å²) in [4.78, 5) is 14.7. The Kier molecular flexibility index (Phi) is 4.06. The predicted molar refractivity (Wildman–Crippen MR) is 131 cm³/mol. The third-order valence-corrected chi connectivity index (χ3v) is 6.13. The quantitative estimate of drug-likeness (QED) is 0.274. The van der Waals surface area contributed by atoms with Crippen molar-refractivity contribution in [2.24, 2.45) is 0 Å². The van der Waals surface area contributed by atoms with Crippen molar-refractivity contribution >= 4 is 43.7 Å². The molecule has 0 aliphatic heterocycles. The zero-order valence-corrected chi connectivity index (χ0v) is 18.6. The molecule has 0 saturated carbocycles. The number of furan rings is 1. The van der Waals surface area contributed by atoms with E-state index >= 15 is 0 Å². The smallest absolute Gasteiger partial charge is 0.227 e. The van der Waals surface area contributed by atoms with Gasteiger partial charge in [-0.1, -0.05) is 49.7 Å². The summed E-state index contributed by atoms with van der Waals surface area (Å²) in [6, 6.07) is 21.2. The fraction of sp³-hybridized carbons (Fsp3) is 0.179. The summed E-state index contributed by atoms with van der Waals surface area (Å²) >= 11 is 0. The van der Waals surface area contributed by atoms with Crippen LogP contribution in [0.2, 0.25) is 0 Å². The Morgan fingerprint density at radius 2 is 1.56 bits per heavy atom. The van der Waals surface area contributed by atoms with Gasteiger partial charge in [-0.05, 0) is 49.6 Å². The molecule has 0 radical (unpaired) electrons. The molecule has 0 aliphatic rings. The van der Waals surface area contributed by atoms with Gasteiger partial charge in [-0.2, -0.15) is 0 Å². The van der Waals surface area contributed by atoms with Crippen molar-refractivity contribution in [1.82, 2.24) is 15.0 Å². The van der Waals surface area contributed by atoms with E-state index in [2.05, 4.69) is 80.4 Å². The number of benzene rings is 3. The molecule has 0 fully saturated rings. The summed E-state index contributed by atoms with van der Waals surface area (Å²) in [6.07, 6.45) is 0. The average Bonchev–Trinajstić information content (AvgIpc) is 3.15. The number of fused-ring (bicyclic) bond motifs is 6. The van der Waals surface area contributed by atoms with Crippen molar-refractivity contribution < 1.29 is 4.42 Å². The molecule has 6 rings (SSSR count). The highest BCUT2D eigenvalue weighted by Gasteiger charge is 2.19. The lowest BCUT2D eigenvalue weighted by atomic mass is 9.99. The summed E-state index contributed by atoms with van der Waals surface area (Å²) in [6.45, 7) is 8.37. The van der Waals surface area contributed by atoms with Gasteiger partial charge in [0.15, 0.2) is 0 Å². The highest BCUT2D eigenvalue weighted by atomic mass is 16.3. The maximum Gasteiger partial charge on any atom is 0.227 e. The minimum absolute atomic E-state index is 0.206. The van der Waals surface area contributed by atoms with Gasteiger partial charge in [-0.15, -0.1) is 0 Å². The summed E-state index contributed by atoms with van der Waals surface area (Å²) in [5.74, 6) is 1.04. The van der Waals surface area contributed by atoms with E-state index in [0.29, 0.717) is 5.71 Å². The molecule has 3 heterocycles. The van der Waals surface area contributed by atoms with Crippen LogP contribution in [0.4, 0.5) is 0 Å². The Hall–Kier alpha value is -3.79. The molecule has 0 amide bonds. The number of hydrogen-bond acceptors (Lipinski definition) is 4. The Morgan fingerprint density at radius 3 is 2.41 bits per heavy atom. The predicted octanol–water partition coefficient (Wildman–Crippen LogP) is 7.48. The van der Waals surface area contributed by atoms with Gasteiger partial charge in [0.25, 0.3) is 0 Å². The number of para-hydroxylation sites is 1. The third kappa shape index (κ3) is 2.79. The maximum absolute atomic E-state index is 6.30. The molecular formula is C28H23N3O. The van der Waals surface area contributed by atoms with Gasteiger partial charge in [0.05, 0.1) is 11.2 Å². The fourth-order valence-corrected chi connectivity index (χ4v) is 4.46. The van der Waals surface area contributed by atoms with E-state index in [4.69, 9.17) is 14.4 Å². The lowest BCUT2D eigenvalue weighted by Gasteiger charge is -2.13. The van der Waals surface area contributed by atoms with Crippen LogP contribution >= 0.6 is 0 Å². The van der Waals surface area contributed by atoms with Gasteiger partial charge in [0.2, 0.25) is 5.71 Å². The summed E-state index contributed by atoms with van der Waals surface area (Å²) in [5.41, 5.74) is 6.51. The van der Waals surface area contributed by atoms with E-state index < -0.39 is 0 Å². The van der Waals surface area contributed by atoms with E-state index in [1.54, 1.807) is 0 Å². The molecule has 3 aromatic heterocycles. The van der Waals surface area contributed by atoms with Crippen LogP contribution in [0.25, 0.3) is 55.0 Å². The average molecular weight is 418 g/mol. The minimum Gasteiger partial charge on any atom is -0.437 e. The molecule has 0 aliphatic carbocycles. The summed E-state index contributed by atoms with van der Waals surface area (Å²) < 4.78 is 6.30. The first kappa shape index (κ1) is 18.9. The molecule has 4 nitrogen and oxygen atoms in total. The molecule has 32 heavy (non-hydrogen) atoms. The first-order chi connectivity index (χ1) is 15.5. The van der Waals surface area contributed by atoms with Gasteiger partial charge < -0.3 is 4.42 Å². The molecule has 0 spiro atoms.